The maximum Gasteiger partial charge on any atom is 0.156 e. The molecule has 3 rings (SSSR count). The maximum atomic E-state index is 12.3. The lowest BCUT2D eigenvalue weighted by molar-refractivity contribution is -0.157. The summed E-state index contributed by atoms with van der Waals surface area (Å²) in [6, 6.07) is 0.164. The predicted octanol–water partition coefficient (Wildman–Crippen LogP) is 2.09. The van der Waals surface area contributed by atoms with Crippen molar-refractivity contribution < 1.29 is 4.79 Å². The molecule has 0 saturated carbocycles. The number of carbonyl (C=O) groups is 1. The molecule has 0 aromatic heterocycles. The fourth-order valence-electron chi connectivity index (χ4n) is 3.22. The number of hydrogen-bond acceptors (Lipinski definition) is 2. The summed E-state index contributed by atoms with van der Waals surface area (Å²) in [6.45, 7) is 11.0. The molecule has 0 aromatic carbocycles. The van der Waals surface area contributed by atoms with Gasteiger partial charge in [-0.1, -0.05) is 20.8 Å². The first-order valence-electron chi connectivity index (χ1n) is 5.67. The second-order valence-electron chi connectivity index (χ2n) is 5.91. The van der Waals surface area contributed by atoms with Crippen LogP contribution in [0.4, 0.5) is 0 Å². The van der Waals surface area contributed by atoms with Gasteiger partial charge in [0.2, 0.25) is 0 Å². The summed E-state index contributed by atoms with van der Waals surface area (Å²) in [5, 5.41) is 0. The van der Waals surface area contributed by atoms with Gasteiger partial charge in [-0.15, -0.1) is 0 Å². The molecular weight excluding hydrogens is 174 g/mol. The zero-order valence-electron chi connectivity index (χ0n) is 9.76. The number of carbonyl (C=O) groups excluding carboxylic acids is 1. The number of piperidine rings is 3. The van der Waals surface area contributed by atoms with Crippen molar-refractivity contribution in [2.45, 2.75) is 46.6 Å². The predicted molar refractivity (Wildman–Crippen MR) is 57.2 cm³/mol. The van der Waals surface area contributed by atoms with Crippen molar-refractivity contribution in [2.75, 3.05) is 13.1 Å². The van der Waals surface area contributed by atoms with Crippen LogP contribution in [-0.4, -0.2) is 29.8 Å². The molecule has 3 saturated heterocycles. The van der Waals surface area contributed by atoms with Gasteiger partial charge in [0, 0.05) is 5.41 Å². The molecule has 2 bridgehead atoms. The van der Waals surface area contributed by atoms with Crippen LogP contribution in [-0.2, 0) is 4.79 Å². The quantitative estimate of drug-likeness (QED) is 0.590. The third kappa shape index (κ3) is 1.10. The van der Waals surface area contributed by atoms with Crippen LogP contribution in [0.2, 0.25) is 0 Å². The summed E-state index contributed by atoms with van der Waals surface area (Å²) < 4.78 is 0. The van der Waals surface area contributed by atoms with Crippen LogP contribution < -0.4 is 0 Å². The van der Waals surface area contributed by atoms with Crippen LogP contribution in [0.15, 0.2) is 0 Å². The van der Waals surface area contributed by atoms with Gasteiger partial charge < -0.3 is 0 Å². The van der Waals surface area contributed by atoms with Gasteiger partial charge in [0.25, 0.3) is 0 Å². The lowest BCUT2D eigenvalue weighted by Gasteiger charge is -2.56. The number of hydrogen-bond donors (Lipinski definition) is 0. The molecule has 3 aliphatic heterocycles. The van der Waals surface area contributed by atoms with Gasteiger partial charge in [0.15, 0.2) is 5.78 Å². The second kappa shape index (κ2) is 2.82. The number of rotatable bonds is 0. The first-order valence-corrected chi connectivity index (χ1v) is 5.67. The Hall–Kier alpha value is -0.370. The Labute approximate surface area is 86.7 Å². The summed E-state index contributed by atoms with van der Waals surface area (Å²) in [6.07, 6.45) is 2.14. The van der Waals surface area contributed by atoms with Gasteiger partial charge in [-0.3, -0.25) is 9.69 Å². The van der Waals surface area contributed by atoms with E-state index >= 15 is 0 Å². The molecule has 2 nitrogen and oxygen atoms in total. The highest BCUT2D eigenvalue weighted by atomic mass is 16.1. The highest BCUT2D eigenvalue weighted by molar-refractivity contribution is 5.91. The Morgan fingerprint density at radius 3 is 2.14 bits per heavy atom. The average Bonchev–Trinajstić information content (AvgIpc) is 2.12. The van der Waals surface area contributed by atoms with E-state index in [9.17, 15) is 4.79 Å². The van der Waals surface area contributed by atoms with E-state index in [1.165, 1.54) is 0 Å². The van der Waals surface area contributed by atoms with Crippen LogP contribution in [0.3, 0.4) is 0 Å². The molecule has 0 aliphatic carbocycles. The maximum absolute atomic E-state index is 12.3. The van der Waals surface area contributed by atoms with Crippen LogP contribution in [0.1, 0.15) is 40.5 Å². The number of ketones is 1. The molecule has 0 spiro atoms. The van der Waals surface area contributed by atoms with Crippen LogP contribution in [0, 0.1) is 10.8 Å². The second-order valence-corrected chi connectivity index (χ2v) is 5.91. The molecule has 0 N–H and O–H groups in total. The number of Topliss-reactive ketones (excluding diaryl/α,β-unsaturated/α-hetero) is 1. The molecule has 1 atom stereocenters. The first-order chi connectivity index (χ1) is 6.38. The average molecular weight is 195 g/mol. The van der Waals surface area contributed by atoms with Gasteiger partial charge in [0.1, 0.15) is 0 Å². The standard InChI is InChI=1S/C12H21NO/c1-9-10(14)12(11(2,3)4)5-7-13(9)8-6-12/h9H,5-8H2,1-4H3. The van der Waals surface area contributed by atoms with Crippen molar-refractivity contribution in [1.82, 2.24) is 4.90 Å². The molecule has 3 fully saturated rings. The highest BCUT2D eigenvalue weighted by Gasteiger charge is 2.55. The number of nitrogens with zero attached hydrogens (tertiary/aromatic N) is 1. The fourth-order valence-corrected chi connectivity index (χ4v) is 3.22. The van der Waals surface area contributed by atoms with E-state index < -0.39 is 0 Å². The molecular formula is C12H21NO. The van der Waals surface area contributed by atoms with E-state index in [4.69, 9.17) is 0 Å². The third-order valence-electron chi connectivity index (χ3n) is 4.49. The lowest BCUT2D eigenvalue weighted by atomic mass is 9.55. The van der Waals surface area contributed by atoms with E-state index in [1.807, 2.05) is 0 Å². The van der Waals surface area contributed by atoms with Crippen molar-refractivity contribution >= 4 is 5.78 Å². The SMILES string of the molecule is CC1C(=O)C2(C(C)(C)C)CCN1CC2. The van der Waals surface area contributed by atoms with Crippen molar-refractivity contribution in [2.24, 2.45) is 10.8 Å². The Bertz CT molecular complexity index is 256. The Balaban J connectivity index is 2.38. The molecule has 1 unspecified atom stereocenters. The van der Waals surface area contributed by atoms with Crippen molar-refractivity contribution in [3.8, 4) is 0 Å². The smallest absolute Gasteiger partial charge is 0.156 e. The monoisotopic (exact) mass is 195 g/mol. The van der Waals surface area contributed by atoms with Gasteiger partial charge in [-0.25, -0.2) is 0 Å². The third-order valence-corrected chi connectivity index (χ3v) is 4.49. The van der Waals surface area contributed by atoms with Gasteiger partial charge >= 0.3 is 0 Å². The summed E-state index contributed by atoms with van der Waals surface area (Å²) >= 11 is 0. The minimum absolute atomic E-state index is 0.0266. The van der Waals surface area contributed by atoms with Gasteiger partial charge in [-0.05, 0) is 38.3 Å². The zero-order chi connectivity index (χ0) is 10.6. The van der Waals surface area contributed by atoms with Gasteiger partial charge in [-0.2, -0.15) is 0 Å². The van der Waals surface area contributed by atoms with Crippen molar-refractivity contribution in [1.29, 1.82) is 0 Å². The molecule has 2 heteroatoms. The normalized spacial score (nSPS) is 43.0. The van der Waals surface area contributed by atoms with Crippen molar-refractivity contribution in [3.63, 3.8) is 0 Å². The minimum Gasteiger partial charge on any atom is -0.297 e. The largest absolute Gasteiger partial charge is 0.297 e. The summed E-state index contributed by atoms with van der Waals surface area (Å²) in [7, 11) is 0. The first kappa shape index (κ1) is 10.2. The summed E-state index contributed by atoms with van der Waals surface area (Å²) in [5.41, 5.74) is 0.103. The highest BCUT2D eigenvalue weighted by Crippen LogP contribution is 2.51. The molecule has 3 heterocycles. The van der Waals surface area contributed by atoms with Crippen LogP contribution >= 0.6 is 0 Å². The fraction of sp³-hybridized carbons (Fsp3) is 0.917. The molecule has 3 aliphatic rings. The molecule has 0 amide bonds. The molecule has 80 valence electrons. The minimum atomic E-state index is -0.0266. The summed E-state index contributed by atoms with van der Waals surface area (Å²) in [4.78, 5) is 14.6. The Morgan fingerprint density at radius 1 is 1.29 bits per heavy atom. The van der Waals surface area contributed by atoms with E-state index in [0.717, 1.165) is 25.9 Å². The van der Waals surface area contributed by atoms with E-state index in [1.54, 1.807) is 0 Å². The molecule has 0 radical (unpaired) electrons. The molecule has 14 heavy (non-hydrogen) atoms. The number of fused-ring (bicyclic) bond motifs is 3. The Morgan fingerprint density at radius 2 is 1.79 bits per heavy atom. The Kier molecular flexibility index (Phi) is 2.04. The lowest BCUT2D eigenvalue weighted by Crippen LogP contribution is -2.63. The van der Waals surface area contributed by atoms with Crippen LogP contribution in [0.5, 0.6) is 0 Å². The zero-order valence-corrected chi connectivity index (χ0v) is 9.76. The van der Waals surface area contributed by atoms with Crippen molar-refractivity contribution in [3.05, 3.63) is 0 Å². The summed E-state index contributed by atoms with van der Waals surface area (Å²) in [5.74, 6) is 0.488. The topological polar surface area (TPSA) is 20.3 Å². The van der Waals surface area contributed by atoms with E-state index in [0.29, 0.717) is 5.78 Å². The van der Waals surface area contributed by atoms with Gasteiger partial charge in [0.05, 0.1) is 6.04 Å². The molecule has 0 aromatic rings. The van der Waals surface area contributed by atoms with Crippen LogP contribution in [0.25, 0.3) is 0 Å². The van der Waals surface area contributed by atoms with E-state index in [2.05, 4.69) is 32.6 Å². The van der Waals surface area contributed by atoms with E-state index in [-0.39, 0.29) is 16.9 Å².